The topological polar surface area (TPSA) is 132 Å². The Bertz CT molecular complexity index is 1730. The highest BCUT2D eigenvalue weighted by molar-refractivity contribution is 6.02. The number of carboxylic acid groups (broad SMARTS) is 1. The van der Waals surface area contributed by atoms with Gasteiger partial charge in [0, 0.05) is 46.2 Å². The molecule has 50 heavy (non-hydrogen) atoms. The van der Waals surface area contributed by atoms with Crippen LogP contribution < -0.4 is 0 Å². The van der Waals surface area contributed by atoms with Gasteiger partial charge in [-0.25, -0.2) is 4.79 Å². The molecule has 6 aliphatic carbocycles. The number of allylic oxidation sites excluding steroid dienone is 1. The molecule has 7 rings (SSSR count). The van der Waals surface area contributed by atoms with Crippen LogP contribution in [-0.2, 0) is 14.4 Å². The maximum Gasteiger partial charge on any atom is 0.331 e. The van der Waals surface area contributed by atoms with Gasteiger partial charge in [-0.15, -0.1) is 0 Å². The number of fused-ring (bicyclic) bond motifs is 1. The molecule has 2 bridgehead atoms. The van der Waals surface area contributed by atoms with Gasteiger partial charge in [-0.2, -0.15) is 0 Å². The smallest absolute Gasteiger partial charge is 0.331 e. The van der Waals surface area contributed by atoms with Gasteiger partial charge in [0.1, 0.15) is 11.4 Å². The molecule has 4 N–H and O–H groups in total. The number of benzene rings is 1. The van der Waals surface area contributed by atoms with E-state index in [1.54, 1.807) is 6.08 Å². The van der Waals surface area contributed by atoms with Crippen LogP contribution in [0.15, 0.2) is 71.4 Å². The number of hydrogen-bond donors (Lipinski definition) is 4. The average molecular weight is 683 g/mol. The van der Waals surface area contributed by atoms with Crippen molar-refractivity contribution >= 4 is 23.6 Å². The summed E-state index contributed by atoms with van der Waals surface area (Å²) in [6, 6.07) is 9.96. The molecule has 1 aromatic carbocycles. The lowest BCUT2D eigenvalue weighted by Crippen LogP contribution is -2.70. The monoisotopic (exact) mass is 682 g/mol. The second-order valence-corrected chi connectivity index (χ2v) is 17.6. The number of Topliss-reactive ketones (excluding diaryl/α,β-unsaturated/α-hetero) is 2. The molecule has 1 aromatic rings. The number of aliphatic hydroxyl groups excluding tert-OH is 1. The third kappa shape index (κ3) is 4.61. The largest absolute Gasteiger partial charge is 0.478 e. The second kappa shape index (κ2) is 11.7. The molecular weight excluding hydrogens is 628 g/mol. The van der Waals surface area contributed by atoms with E-state index < -0.39 is 50.9 Å². The highest BCUT2D eigenvalue weighted by atomic mass is 16.4. The minimum absolute atomic E-state index is 0.0392. The molecule has 0 saturated heterocycles. The number of ketones is 2. The molecule has 0 radical (unpaired) electrons. The van der Waals surface area contributed by atoms with Crippen molar-refractivity contribution in [1.82, 2.24) is 0 Å². The van der Waals surface area contributed by atoms with Crippen molar-refractivity contribution in [2.45, 2.75) is 116 Å². The summed E-state index contributed by atoms with van der Waals surface area (Å²) in [5, 5.41) is 47.0. The molecule has 0 aromatic heterocycles. The molecule has 2 spiro atoms. The van der Waals surface area contributed by atoms with E-state index >= 15 is 4.79 Å². The molecular formula is C43H54O7. The first-order chi connectivity index (χ1) is 23.5. The standard InChI is InChI=1S/C43H54O7/c1-26(22-29(44)23-27(2)37(47)48)31-24-42(49)20-21-43(50)30(15-14-28-12-8-6-9-13-28)35-38(3,4)33(46)16-19-40(35)17-10-7-11-18-41(31)25-32(45)34(40)36(43)39(41,42)5/h6,8-9,12-15,20-21,23,26,29-31,35,44,49-50H,7,10-11,16-19,22,24-25H2,1-5H3,(H,47,48)/b15-14+,27-23+/t26-,29+,30+,31-,35-,39-,40-,41-,42-,43-/m1/s1. The van der Waals surface area contributed by atoms with Crippen molar-refractivity contribution < 1.29 is 34.8 Å². The summed E-state index contributed by atoms with van der Waals surface area (Å²) in [6.45, 7) is 9.66. The van der Waals surface area contributed by atoms with Crippen LogP contribution in [0.2, 0.25) is 0 Å². The maximum absolute atomic E-state index is 15.2. The Labute approximate surface area is 296 Å². The summed E-state index contributed by atoms with van der Waals surface area (Å²) in [5.41, 5.74) is -3.64. The first kappa shape index (κ1) is 35.3. The van der Waals surface area contributed by atoms with E-state index in [1.807, 2.05) is 56.3 Å². The SMILES string of the molecule is C/C(=C\[C@@H](O)C[C@@H](C)[C@H]1C[C@]2(O)C=C[C@]3(O)C4=C5C(=O)C[C@@]1(CCCCC[C@@]51CCC(=O)C(C)(C)[C@H]1[C@@H]3/C=C/c1ccccc1)[C@@]42C)C(=O)O. The van der Waals surface area contributed by atoms with E-state index in [4.69, 9.17) is 0 Å². The van der Waals surface area contributed by atoms with E-state index in [0.717, 1.165) is 31.2 Å². The fraction of sp³-hybridized carbons (Fsp3) is 0.605. The zero-order valence-electron chi connectivity index (χ0n) is 30.2. The third-order valence-electron chi connectivity index (χ3n) is 15.0. The lowest BCUT2D eigenvalue weighted by atomic mass is 9.34. The first-order valence-electron chi connectivity index (χ1n) is 18.8. The van der Waals surface area contributed by atoms with E-state index in [9.17, 15) is 30.0 Å². The van der Waals surface area contributed by atoms with Gasteiger partial charge in [-0.1, -0.05) is 95.5 Å². The summed E-state index contributed by atoms with van der Waals surface area (Å²) >= 11 is 0. The predicted octanol–water partition coefficient (Wildman–Crippen LogP) is 7.02. The Kier molecular flexibility index (Phi) is 8.25. The molecule has 6 aliphatic rings. The van der Waals surface area contributed by atoms with E-state index in [2.05, 4.69) is 19.9 Å². The van der Waals surface area contributed by atoms with Crippen molar-refractivity contribution in [3.63, 3.8) is 0 Å². The summed E-state index contributed by atoms with van der Waals surface area (Å²) in [6.07, 6.45) is 14.2. The minimum Gasteiger partial charge on any atom is -0.478 e. The molecule has 0 unspecified atom stereocenters. The highest BCUT2D eigenvalue weighted by Gasteiger charge is 2.79. The van der Waals surface area contributed by atoms with Gasteiger partial charge in [0.05, 0.1) is 11.7 Å². The quantitative estimate of drug-likeness (QED) is 0.180. The lowest BCUT2D eigenvalue weighted by molar-refractivity contribution is -0.168. The summed E-state index contributed by atoms with van der Waals surface area (Å²) in [7, 11) is 0. The number of rotatable bonds is 7. The molecule has 268 valence electrons. The lowest BCUT2D eigenvalue weighted by Gasteiger charge is -2.69. The summed E-state index contributed by atoms with van der Waals surface area (Å²) < 4.78 is 0. The third-order valence-corrected chi connectivity index (χ3v) is 15.0. The van der Waals surface area contributed by atoms with Crippen LogP contribution in [0.5, 0.6) is 0 Å². The van der Waals surface area contributed by atoms with Gasteiger partial charge in [-0.05, 0) is 85.5 Å². The Morgan fingerprint density at radius 1 is 1.00 bits per heavy atom. The molecule has 3 fully saturated rings. The molecule has 0 aliphatic heterocycles. The number of aliphatic hydroxyl groups is 3. The number of aliphatic carboxylic acids is 1. The number of carboxylic acids is 1. The van der Waals surface area contributed by atoms with Crippen LogP contribution in [0, 0.1) is 45.3 Å². The van der Waals surface area contributed by atoms with Crippen molar-refractivity contribution in [3.8, 4) is 0 Å². The van der Waals surface area contributed by atoms with Crippen molar-refractivity contribution in [1.29, 1.82) is 0 Å². The highest BCUT2D eigenvalue weighted by Crippen LogP contribution is 2.80. The molecule has 3 saturated carbocycles. The predicted molar refractivity (Wildman–Crippen MR) is 192 cm³/mol. The zero-order chi connectivity index (χ0) is 36.1. The van der Waals surface area contributed by atoms with Crippen LogP contribution >= 0.6 is 0 Å². The van der Waals surface area contributed by atoms with Crippen LogP contribution in [0.25, 0.3) is 6.08 Å². The number of carbonyl (C=O) groups excluding carboxylic acids is 2. The number of carbonyl (C=O) groups is 3. The van der Waals surface area contributed by atoms with Gasteiger partial charge < -0.3 is 20.4 Å². The van der Waals surface area contributed by atoms with Crippen LogP contribution in [0.3, 0.4) is 0 Å². The Hall–Kier alpha value is -3.13. The maximum atomic E-state index is 15.2. The molecule has 10 atom stereocenters. The Balaban J connectivity index is 1.48. The van der Waals surface area contributed by atoms with Crippen LogP contribution in [-0.4, -0.2) is 55.3 Å². The summed E-state index contributed by atoms with van der Waals surface area (Å²) in [4.78, 5) is 40.7. The minimum atomic E-state index is -1.61. The number of hydrogen-bond acceptors (Lipinski definition) is 6. The molecule has 0 heterocycles. The van der Waals surface area contributed by atoms with Gasteiger partial charge >= 0.3 is 5.97 Å². The summed E-state index contributed by atoms with van der Waals surface area (Å²) in [5.74, 6) is -2.06. The van der Waals surface area contributed by atoms with Gasteiger partial charge in [-0.3, -0.25) is 9.59 Å². The normalized spacial score (nSPS) is 41.7. The van der Waals surface area contributed by atoms with Gasteiger partial charge in [0.2, 0.25) is 0 Å². The van der Waals surface area contributed by atoms with Crippen LogP contribution in [0.1, 0.15) is 104 Å². The fourth-order valence-corrected chi connectivity index (χ4v) is 12.8. The Morgan fingerprint density at radius 3 is 2.40 bits per heavy atom. The fourth-order valence-electron chi connectivity index (χ4n) is 12.8. The Morgan fingerprint density at radius 2 is 1.70 bits per heavy atom. The average Bonchev–Trinajstić information content (AvgIpc) is 3.26. The van der Waals surface area contributed by atoms with E-state index in [0.29, 0.717) is 43.3 Å². The van der Waals surface area contributed by atoms with Gasteiger partial charge in [0.25, 0.3) is 0 Å². The zero-order valence-corrected chi connectivity index (χ0v) is 30.2. The van der Waals surface area contributed by atoms with Crippen molar-refractivity contribution in [2.75, 3.05) is 0 Å². The molecule has 7 nitrogen and oxygen atoms in total. The second-order valence-electron chi connectivity index (χ2n) is 17.6. The van der Waals surface area contributed by atoms with E-state index in [1.165, 1.54) is 13.0 Å². The van der Waals surface area contributed by atoms with Crippen LogP contribution in [0.4, 0.5) is 0 Å². The van der Waals surface area contributed by atoms with Crippen molar-refractivity contribution in [3.05, 3.63) is 76.9 Å². The van der Waals surface area contributed by atoms with Gasteiger partial charge in [0.15, 0.2) is 5.78 Å². The first-order valence-corrected chi connectivity index (χ1v) is 18.8. The van der Waals surface area contributed by atoms with Crippen molar-refractivity contribution in [2.24, 2.45) is 45.3 Å². The molecule has 0 amide bonds. The van der Waals surface area contributed by atoms with E-state index in [-0.39, 0.29) is 41.3 Å². The molecule has 7 heteroatoms.